The van der Waals surface area contributed by atoms with E-state index in [0.29, 0.717) is 5.75 Å². The van der Waals surface area contributed by atoms with Gasteiger partial charge in [-0.15, -0.1) is 11.8 Å². The molecule has 0 bridgehead atoms. The van der Waals surface area contributed by atoms with Crippen molar-refractivity contribution in [1.29, 1.82) is 0 Å². The average molecular weight is 302 g/mol. The first-order valence-electron chi connectivity index (χ1n) is 6.42. The summed E-state index contributed by atoms with van der Waals surface area (Å²) in [6.07, 6.45) is 1.99. The van der Waals surface area contributed by atoms with Crippen LogP contribution >= 0.6 is 11.8 Å². The first-order chi connectivity index (χ1) is 10.3. The summed E-state index contributed by atoms with van der Waals surface area (Å²) in [6, 6.07) is 10.1. The second-order valence-corrected chi connectivity index (χ2v) is 5.49. The third kappa shape index (κ3) is 1.96. The van der Waals surface area contributed by atoms with Gasteiger partial charge in [-0.3, -0.25) is 0 Å². The Balaban J connectivity index is 1.95. The fraction of sp³-hybridized carbons (Fsp3) is 0.125. The maximum Gasteiger partial charge on any atom is 0.231 e. The Bertz CT molecular complexity index is 824. The van der Waals surface area contributed by atoms with Crippen LogP contribution in [0.1, 0.15) is 0 Å². The molecule has 0 atom stereocenters. The lowest BCUT2D eigenvalue weighted by atomic mass is 10.1. The molecular formula is C16H11FO3S. The first-order valence-corrected chi connectivity index (χ1v) is 7.65. The molecule has 1 aliphatic heterocycles. The lowest BCUT2D eigenvalue weighted by Crippen LogP contribution is -1.92. The third-order valence-corrected chi connectivity index (χ3v) is 4.26. The van der Waals surface area contributed by atoms with E-state index in [1.165, 1.54) is 12.1 Å². The third-order valence-electron chi connectivity index (χ3n) is 3.45. The molecule has 21 heavy (non-hydrogen) atoms. The molecule has 0 N–H and O–H groups in total. The van der Waals surface area contributed by atoms with Crippen LogP contribution in [0.5, 0.6) is 11.5 Å². The van der Waals surface area contributed by atoms with Crippen molar-refractivity contribution in [2.24, 2.45) is 0 Å². The zero-order valence-electron chi connectivity index (χ0n) is 11.2. The number of fused-ring (bicyclic) bond motifs is 2. The maximum absolute atomic E-state index is 13.1. The molecule has 0 saturated heterocycles. The second-order valence-electron chi connectivity index (χ2n) is 4.67. The molecular weight excluding hydrogens is 291 g/mol. The van der Waals surface area contributed by atoms with Crippen molar-refractivity contribution < 1.29 is 18.3 Å². The molecule has 2 heterocycles. The molecule has 4 rings (SSSR count). The minimum Gasteiger partial charge on any atom is -0.455 e. The van der Waals surface area contributed by atoms with Crippen LogP contribution in [0.2, 0.25) is 0 Å². The van der Waals surface area contributed by atoms with Crippen molar-refractivity contribution >= 4 is 22.7 Å². The van der Waals surface area contributed by atoms with Gasteiger partial charge in [0.05, 0.1) is 4.90 Å². The van der Waals surface area contributed by atoms with Crippen LogP contribution in [0.3, 0.4) is 0 Å². The van der Waals surface area contributed by atoms with E-state index < -0.39 is 0 Å². The molecule has 0 radical (unpaired) electrons. The van der Waals surface area contributed by atoms with Crippen LogP contribution in [-0.4, -0.2) is 13.0 Å². The molecule has 2 aromatic carbocycles. The topological polar surface area (TPSA) is 31.6 Å². The summed E-state index contributed by atoms with van der Waals surface area (Å²) < 4.78 is 29.8. The maximum atomic E-state index is 13.1. The molecule has 5 heteroatoms. The van der Waals surface area contributed by atoms with Crippen LogP contribution in [0.25, 0.3) is 22.3 Å². The Morgan fingerprint density at radius 1 is 1.05 bits per heavy atom. The van der Waals surface area contributed by atoms with E-state index in [4.69, 9.17) is 13.9 Å². The number of ether oxygens (including phenoxy) is 2. The molecule has 0 saturated carbocycles. The van der Waals surface area contributed by atoms with E-state index >= 15 is 0 Å². The molecule has 0 amide bonds. The summed E-state index contributed by atoms with van der Waals surface area (Å²) >= 11 is 1.59. The van der Waals surface area contributed by atoms with Crippen molar-refractivity contribution in [3.8, 4) is 22.8 Å². The van der Waals surface area contributed by atoms with Crippen molar-refractivity contribution in [1.82, 2.24) is 0 Å². The number of furan rings is 1. The molecule has 0 fully saturated rings. The fourth-order valence-electron chi connectivity index (χ4n) is 2.46. The number of thioether (sulfide) groups is 1. The number of hydrogen-bond acceptors (Lipinski definition) is 4. The zero-order chi connectivity index (χ0) is 14.4. The molecule has 3 aromatic rings. The van der Waals surface area contributed by atoms with Gasteiger partial charge < -0.3 is 13.9 Å². The van der Waals surface area contributed by atoms with Gasteiger partial charge in [-0.25, -0.2) is 4.39 Å². The second kappa shape index (κ2) is 4.70. The lowest BCUT2D eigenvalue weighted by Gasteiger charge is -2.00. The highest BCUT2D eigenvalue weighted by molar-refractivity contribution is 7.99. The average Bonchev–Trinajstić information content (AvgIpc) is 3.08. The molecule has 0 spiro atoms. The highest BCUT2D eigenvalue weighted by Crippen LogP contribution is 2.44. The van der Waals surface area contributed by atoms with Crippen molar-refractivity contribution in [2.45, 2.75) is 4.90 Å². The summed E-state index contributed by atoms with van der Waals surface area (Å²) in [4.78, 5) is 1.01. The van der Waals surface area contributed by atoms with Gasteiger partial charge in [-0.05, 0) is 36.6 Å². The van der Waals surface area contributed by atoms with Crippen molar-refractivity contribution in [2.75, 3.05) is 13.0 Å². The van der Waals surface area contributed by atoms with Crippen molar-refractivity contribution in [3.05, 3.63) is 42.2 Å². The molecule has 1 aromatic heterocycles. The predicted octanol–water partition coefficient (Wildman–Crippen LogP) is 4.69. The summed E-state index contributed by atoms with van der Waals surface area (Å²) in [5.41, 5.74) is 1.59. The monoisotopic (exact) mass is 302 g/mol. The highest BCUT2D eigenvalue weighted by atomic mass is 32.2. The Morgan fingerprint density at radius 3 is 2.48 bits per heavy atom. The molecule has 106 valence electrons. The van der Waals surface area contributed by atoms with Gasteiger partial charge in [0, 0.05) is 17.0 Å². The van der Waals surface area contributed by atoms with Gasteiger partial charge in [0.25, 0.3) is 0 Å². The van der Waals surface area contributed by atoms with Gasteiger partial charge in [0.2, 0.25) is 6.79 Å². The summed E-state index contributed by atoms with van der Waals surface area (Å²) in [5.74, 6) is 1.89. The Morgan fingerprint density at radius 2 is 1.76 bits per heavy atom. The van der Waals surface area contributed by atoms with E-state index in [1.807, 2.05) is 18.4 Å². The van der Waals surface area contributed by atoms with Gasteiger partial charge in [-0.2, -0.15) is 0 Å². The number of hydrogen-bond donors (Lipinski definition) is 0. The SMILES string of the molecule is CSc1c(-c2ccc(F)cc2)oc2cc3c(cc12)OCO3. The standard InChI is InChI=1S/C16H11FO3S/c1-21-16-11-6-13-14(19-8-18-13)7-12(11)20-15(16)9-2-4-10(17)5-3-9/h2-7H,8H2,1H3. The molecule has 1 aliphatic rings. The highest BCUT2D eigenvalue weighted by Gasteiger charge is 2.21. The molecule has 3 nitrogen and oxygen atoms in total. The zero-order valence-corrected chi connectivity index (χ0v) is 12.0. The largest absolute Gasteiger partial charge is 0.455 e. The first kappa shape index (κ1) is 12.6. The van der Waals surface area contributed by atoms with E-state index in [9.17, 15) is 4.39 Å². The van der Waals surface area contributed by atoms with Crippen LogP contribution in [-0.2, 0) is 0 Å². The summed E-state index contributed by atoms with van der Waals surface area (Å²) in [5, 5.41) is 0.978. The quantitative estimate of drug-likeness (QED) is 0.643. The molecule has 0 unspecified atom stereocenters. The van der Waals surface area contributed by atoms with Crippen LogP contribution in [0.15, 0.2) is 45.7 Å². The van der Waals surface area contributed by atoms with Gasteiger partial charge >= 0.3 is 0 Å². The van der Waals surface area contributed by atoms with Gasteiger partial charge in [-0.1, -0.05) is 0 Å². The Kier molecular flexibility index (Phi) is 2.82. The van der Waals surface area contributed by atoms with E-state index in [0.717, 1.165) is 32.9 Å². The van der Waals surface area contributed by atoms with Gasteiger partial charge in [0.15, 0.2) is 11.5 Å². The van der Waals surface area contributed by atoms with Crippen LogP contribution in [0, 0.1) is 5.82 Å². The van der Waals surface area contributed by atoms with Crippen LogP contribution < -0.4 is 9.47 Å². The summed E-state index contributed by atoms with van der Waals surface area (Å²) in [6.45, 7) is 0.237. The van der Waals surface area contributed by atoms with Crippen molar-refractivity contribution in [3.63, 3.8) is 0 Å². The normalized spacial score (nSPS) is 13.0. The fourth-order valence-corrected chi connectivity index (χ4v) is 3.18. The van der Waals surface area contributed by atoms with Crippen LogP contribution in [0.4, 0.5) is 4.39 Å². The Hall–Kier alpha value is -2.14. The Labute approximate surface area is 124 Å². The minimum atomic E-state index is -0.263. The number of rotatable bonds is 2. The summed E-state index contributed by atoms with van der Waals surface area (Å²) in [7, 11) is 0. The van der Waals surface area contributed by atoms with E-state index in [2.05, 4.69) is 0 Å². The lowest BCUT2D eigenvalue weighted by molar-refractivity contribution is 0.174. The minimum absolute atomic E-state index is 0.237. The number of benzene rings is 2. The number of halogens is 1. The van der Waals surface area contributed by atoms with E-state index in [1.54, 1.807) is 23.9 Å². The predicted molar refractivity (Wildman–Crippen MR) is 79.5 cm³/mol. The molecule has 0 aliphatic carbocycles. The smallest absolute Gasteiger partial charge is 0.231 e. The van der Waals surface area contributed by atoms with E-state index in [-0.39, 0.29) is 12.6 Å². The van der Waals surface area contributed by atoms with Gasteiger partial charge in [0.1, 0.15) is 17.2 Å².